The molecular weight excluding hydrogens is 236 g/mol. The Balaban J connectivity index is 2.43. The third-order valence-corrected chi connectivity index (χ3v) is 2.92. The van der Waals surface area contributed by atoms with E-state index in [0.717, 1.165) is 16.3 Å². The lowest BCUT2D eigenvalue weighted by Crippen LogP contribution is -1.91. The van der Waals surface area contributed by atoms with Crippen LogP contribution in [0.1, 0.15) is 10.4 Å². The zero-order valence-corrected chi connectivity index (χ0v) is 9.48. The van der Waals surface area contributed by atoms with Crippen LogP contribution in [0.3, 0.4) is 0 Å². The number of aromatic nitrogens is 2. The molecule has 3 aromatic rings. The van der Waals surface area contributed by atoms with Gasteiger partial charge in [0.25, 0.3) is 0 Å². The molecule has 3 rings (SSSR count). The number of nitrogens with zero attached hydrogens (tertiary/aromatic N) is 2. The maximum atomic E-state index is 10.8. The van der Waals surface area contributed by atoms with Crippen LogP contribution >= 0.6 is 11.6 Å². The quantitative estimate of drug-likeness (QED) is 0.374. The van der Waals surface area contributed by atoms with Crippen molar-refractivity contribution in [2.24, 2.45) is 0 Å². The highest BCUT2D eigenvalue weighted by molar-refractivity contribution is 6.32. The molecule has 82 valence electrons. The van der Waals surface area contributed by atoms with E-state index in [4.69, 9.17) is 11.6 Å². The molecule has 1 aromatic carbocycles. The third kappa shape index (κ3) is 1.65. The van der Waals surface area contributed by atoms with Gasteiger partial charge in [0.15, 0.2) is 11.9 Å². The monoisotopic (exact) mass is 242 g/mol. The van der Waals surface area contributed by atoms with Crippen molar-refractivity contribution < 1.29 is 4.79 Å². The minimum absolute atomic E-state index is 0.190. The Morgan fingerprint density at radius 2 is 1.88 bits per heavy atom. The summed E-state index contributed by atoms with van der Waals surface area (Å²) in [4.78, 5) is 19.3. The minimum atomic E-state index is 0.190. The molecule has 0 N–H and O–H groups in total. The molecule has 3 nitrogen and oxygen atoms in total. The number of hydrogen-bond donors (Lipinski definition) is 0. The van der Waals surface area contributed by atoms with E-state index < -0.39 is 0 Å². The van der Waals surface area contributed by atoms with Crippen LogP contribution in [0.15, 0.2) is 36.4 Å². The molecule has 0 aliphatic carbocycles. The highest BCUT2D eigenvalue weighted by atomic mass is 35.5. The lowest BCUT2D eigenvalue weighted by Gasteiger charge is -2.02. The van der Waals surface area contributed by atoms with Crippen molar-refractivity contribution in [3.8, 4) is 0 Å². The number of carbonyl (C=O) groups is 1. The van der Waals surface area contributed by atoms with Gasteiger partial charge in [-0.05, 0) is 18.2 Å². The first kappa shape index (κ1) is 10.2. The fourth-order valence-electron chi connectivity index (χ4n) is 1.79. The van der Waals surface area contributed by atoms with Gasteiger partial charge in [-0.3, -0.25) is 4.79 Å². The standard InChI is InChI=1S/C13H7ClN2O/c14-12-10(7-17)6-9-5-8-3-1-2-4-11(8)15-13(9)16-12/h1-7H. The molecule has 0 radical (unpaired) electrons. The number of carbonyl (C=O) groups excluding carboxylic acids is 1. The van der Waals surface area contributed by atoms with Gasteiger partial charge in [-0.15, -0.1) is 0 Å². The maximum absolute atomic E-state index is 10.8. The maximum Gasteiger partial charge on any atom is 0.161 e. The van der Waals surface area contributed by atoms with Crippen LogP contribution in [0.4, 0.5) is 0 Å². The van der Waals surface area contributed by atoms with E-state index in [2.05, 4.69) is 9.97 Å². The first-order chi connectivity index (χ1) is 8.28. The molecule has 2 heterocycles. The van der Waals surface area contributed by atoms with Crippen LogP contribution in [0, 0.1) is 0 Å². The van der Waals surface area contributed by atoms with Gasteiger partial charge >= 0.3 is 0 Å². The van der Waals surface area contributed by atoms with Crippen molar-refractivity contribution in [1.29, 1.82) is 0 Å². The van der Waals surface area contributed by atoms with E-state index in [0.29, 0.717) is 17.5 Å². The molecule has 0 saturated carbocycles. The molecule has 0 saturated heterocycles. The molecule has 2 aromatic heterocycles. The average molecular weight is 243 g/mol. The van der Waals surface area contributed by atoms with E-state index in [9.17, 15) is 4.79 Å². The Morgan fingerprint density at radius 1 is 1.06 bits per heavy atom. The predicted molar refractivity (Wildman–Crippen MR) is 67.4 cm³/mol. The predicted octanol–water partition coefficient (Wildman–Crippen LogP) is 3.25. The number of halogens is 1. The fraction of sp³-hybridized carbons (Fsp3) is 0. The molecule has 0 aliphatic heterocycles. The number of pyridine rings is 2. The Kier molecular flexibility index (Phi) is 2.27. The van der Waals surface area contributed by atoms with Gasteiger partial charge in [0.05, 0.1) is 11.1 Å². The fourth-order valence-corrected chi connectivity index (χ4v) is 1.96. The molecule has 0 aliphatic rings. The summed E-state index contributed by atoms with van der Waals surface area (Å²) in [7, 11) is 0. The van der Waals surface area contributed by atoms with Crippen molar-refractivity contribution in [3.63, 3.8) is 0 Å². The number of para-hydroxylation sites is 1. The van der Waals surface area contributed by atoms with E-state index in [1.165, 1.54) is 0 Å². The molecule has 0 spiro atoms. The van der Waals surface area contributed by atoms with Crippen molar-refractivity contribution in [2.75, 3.05) is 0 Å². The molecule has 0 bridgehead atoms. The van der Waals surface area contributed by atoms with Gasteiger partial charge < -0.3 is 0 Å². The Bertz CT molecular complexity index is 740. The Hall–Kier alpha value is -2.00. The van der Waals surface area contributed by atoms with Crippen LogP contribution in [0.5, 0.6) is 0 Å². The van der Waals surface area contributed by atoms with Crippen molar-refractivity contribution in [2.45, 2.75) is 0 Å². The highest BCUT2D eigenvalue weighted by Gasteiger charge is 2.06. The first-order valence-corrected chi connectivity index (χ1v) is 5.47. The summed E-state index contributed by atoms with van der Waals surface area (Å²) in [6.45, 7) is 0. The van der Waals surface area contributed by atoms with Gasteiger partial charge in [-0.1, -0.05) is 29.8 Å². The van der Waals surface area contributed by atoms with E-state index >= 15 is 0 Å². The van der Waals surface area contributed by atoms with E-state index in [1.807, 2.05) is 30.3 Å². The van der Waals surface area contributed by atoms with Crippen molar-refractivity contribution >= 4 is 39.8 Å². The van der Waals surface area contributed by atoms with Gasteiger partial charge in [0.1, 0.15) is 5.15 Å². The summed E-state index contributed by atoms with van der Waals surface area (Å²) in [5.41, 5.74) is 1.80. The zero-order chi connectivity index (χ0) is 11.8. The zero-order valence-electron chi connectivity index (χ0n) is 8.72. The van der Waals surface area contributed by atoms with Gasteiger partial charge in [-0.2, -0.15) is 0 Å². The molecule has 17 heavy (non-hydrogen) atoms. The van der Waals surface area contributed by atoms with E-state index in [-0.39, 0.29) is 5.15 Å². The topological polar surface area (TPSA) is 42.9 Å². The molecule has 4 heteroatoms. The van der Waals surface area contributed by atoms with Gasteiger partial charge in [0.2, 0.25) is 0 Å². The lowest BCUT2D eigenvalue weighted by molar-refractivity contribution is 0.112. The number of benzene rings is 1. The number of aldehydes is 1. The first-order valence-electron chi connectivity index (χ1n) is 5.09. The number of rotatable bonds is 1. The van der Waals surface area contributed by atoms with Gasteiger partial charge in [-0.25, -0.2) is 9.97 Å². The van der Waals surface area contributed by atoms with E-state index in [1.54, 1.807) is 6.07 Å². The Morgan fingerprint density at radius 3 is 2.71 bits per heavy atom. The summed E-state index contributed by atoms with van der Waals surface area (Å²) in [5, 5.41) is 2.02. The second kappa shape index (κ2) is 3.79. The normalized spacial score (nSPS) is 10.9. The van der Waals surface area contributed by atoms with Crippen LogP contribution in [-0.4, -0.2) is 16.3 Å². The molecule has 0 amide bonds. The average Bonchev–Trinajstić information content (AvgIpc) is 2.35. The summed E-state index contributed by atoms with van der Waals surface area (Å²) < 4.78 is 0. The smallest absolute Gasteiger partial charge is 0.161 e. The second-order valence-corrected chi connectivity index (χ2v) is 4.07. The van der Waals surface area contributed by atoms with Crippen LogP contribution < -0.4 is 0 Å². The molecule has 0 unspecified atom stereocenters. The Labute approximate surface area is 102 Å². The van der Waals surface area contributed by atoms with Crippen molar-refractivity contribution in [3.05, 3.63) is 47.1 Å². The summed E-state index contributed by atoms with van der Waals surface area (Å²) >= 11 is 5.87. The second-order valence-electron chi connectivity index (χ2n) is 3.71. The summed E-state index contributed by atoms with van der Waals surface area (Å²) in [6, 6.07) is 11.4. The van der Waals surface area contributed by atoms with Crippen LogP contribution in [0.25, 0.3) is 21.9 Å². The molecular formula is C13H7ClN2O. The minimum Gasteiger partial charge on any atom is -0.298 e. The highest BCUT2D eigenvalue weighted by Crippen LogP contribution is 2.22. The molecule has 0 atom stereocenters. The third-order valence-electron chi connectivity index (χ3n) is 2.61. The summed E-state index contributed by atoms with van der Waals surface area (Å²) in [5.74, 6) is 0. The lowest BCUT2D eigenvalue weighted by atomic mass is 10.1. The molecule has 0 fully saturated rings. The SMILES string of the molecule is O=Cc1cc2cc3ccccc3nc2nc1Cl. The van der Waals surface area contributed by atoms with Crippen LogP contribution in [-0.2, 0) is 0 Å². The summed E-state index contributed by atoms with van der Waals surface area (Å²) in [6.07, 6.45) is 0.698. The van der Waals surface area contributed by atoms with Crippen molar-refractivity contribution in [1.82, 2.24) is 9.97 Å². The number of hydrogen-bond acceptors (Lipinski definition) is 3. The van der Waals surface area contributed by atoms with Gasteiger partial charge in [0, 0.05) is 10.8 Å². The number of fused-ring (bicyclic) bond motifs is 2. The van der Waals surface area contributed by atoms with Crippen LogP contribution in [0.2, 0.25) is 5.15 Å². The largest absolute Gasteiger partial charge is 0.298 e.